The van der Waals surface area contributed by atoms with Crippen LogP contribution in [0.25, 0.3) is 0 Å². The van der Waals surface area contributed by atoms with E-state index in [2.05, 4.69) is 4.74 Å². The minimum Gasteiger partial charge on any atom is -0.462 e. The van der Waals surface area contributed by atoms with Crippen molar-refractivity contribution in [1.29, 1.82) is 0 Å². The summed E-state index contributed by atoms with van der Waals surface area (Å²) < 4.78 is 113. The predicted octanol–water partition coefficient (Wildman–Crippen LogP) is -0.00750. The lowest BCUT2D eigenvalue weighted by Gasteiger charge is -2.06. The lowest BCUT2D eigenvalue weighted by molar-refractivity contribution is -0.134. The molecule has 0 amide bonds. The molecule has 0 fully saturated rings. The Morgan fingerprint density at radius 1 is 1.48 bits per heavy atom. The van der Waals surface area contributed by atoms with Crippen LogP contribution in [0.3, 0.4) is 0 Å². The van der Waals surface area contributed by atoms with Gasteiger partial charge in [-0.2, -0.15) is 0 Å². The molecule has 23 heavy (non-hydrogen) atoms. The highest BCUT2D eigenvalue weighted by Gasteiger charge is 2.08. The molecular formula is C16H24N3O4+. The van der Waals surface area contributed by atoms with Crippen molar-refractivity contribution in [3.05, 3.63) is 29.7 Å². The van der Waals surface area contributed by atoms with Gasteiger partial charge in [-0.15, -0.1) is 0 Å². The van der Waals surface area contributed by atoms with Crippen molar-refractivity contribution in [3.8, 4) is 5.75 Å². The molecule has 1 aromatic rings. The van der Waals surface area contributed by atoms with E-state index in [1.807, 2.05) is 0 Å². The van der Waals surface area contributed by atoms with Gasteiger partial charge in [-0.3, -0.25) is 21.2 Å². The fourth-order valence-corrected chi connectivity index (χ4v) is 1.45. The van der Waals surface area contributed by atoms with E-state index in [1.54, 1.807) is 0 Å². The number of ether oxygens (including phenoxy) is 2. The van der Waals surface area contributed by atoms with Gasteiger partial charge in [-0.1, -0.05) is 0 Å². The summed E-state index contributed by atoms with van der Waals surface area (Å²) in [6, 6.07) is -3.97. The average Bonchev–Trinajstić information content (AvgIpc) is 2.73. The Morgan fingerprint density at radius 2 is 2.30 bits per heavy atom. The molecule has 0 spiro atoms. The van der Waals surface area contributed by atoms with Gasteiger partial charge in [0.05, 0.1) is 26.9 Å². The normalized spacial score (nSPS) is 19.5. The van der Waals surface area contributed by atoms with Crippen molar-refractivity contribution < 1.29 is 43.9 Å². The summed E-state index contributed by atoms with van der Waals surface area (Å²) in [6.45, 7) is -6.93. The van der Waals surface area contributed by atoms with Crippen LogP contribution in [0.2, 0.25) is 7.06 Å². The van der Waals surface area contributed by atoms with Crippen molar-refractivity contribution in [1.82, 2.24) is 5.31 Å². The molecule has 0 saturated carbocycles. The van der Waals surface area contributed by atoms with Gasteiger partial charge < -0.3 is 9.47 Å². The van der Waals surface area contributed by atoms with Crippen LogP contribution in [-0.2, 0) is 9.53 Å². The van der Waals surface area contributed by atoms with E-state index in [9.17, 15) is 9.59 Å². The summed E-state index contributed by atoms with van der Waals surface area (Å²) >= 11 is 0. The van der Waals surface area contributed by atoms with Gasteiger partial charge in [0.1, 0.15) is 5.75 Å². The molecule has 0 saturated heterocycles. The number of guanidine groups is 1. The van der Waals surface area contributed by atoms with Crippen molar-refractivity contribution in [3.63, 3.8) is 0 Å². The Labute approximate surface area is 155 Å². The van der Waals surface area contributed by atoms with Gasteiger partial charge in [0.25, 0.3) is 7.06 Å². The molecule has 7 nitrogen and oxygen atoms in total. The molecule has 126 valence electrons. The largest absolute Gasteiger partial charge is 0.462 e. The minimum atomic E-state index is -3.47. The zero-order chi connectivity index (χ0) is 28.9. The number of unbranched alkanes of at least 4 members (excludes halogenated alkanes) is 2. The first kappa shape index (κ1) is 6.51. The summed E-state index contributed by atoms with van der Waals surface area (Å²) in [5.41, 5.74) is -1.12. The molecule has 5 N–H and O–H groups in total. The van der Waals surface area contributed by atoms with Crippen LogP contribution in [0, 0.1) is 0 Å². The Morgan fingerprint density at radius 3 is 3.00 bits per heavy atom. The maximum Gasteiger partial charge on any atom is 0.338 e. The fraction of sp³-hybridized carbons (Fsp3) is 0.438. The van der Waals surface area contributed by atoms with Crippen LogP contribution in [0.15, 0.2) is 24.2 Å². The number of carbonyl (C=O) groups is 2. The lowest BCUT2D eigenvalue weighted by Crippen LogP contribution is -2.54. The van der Waals surface area contributed by atoms with E-state index in [4.69, 9.17) is 24.1 Å². The Bertz CT molecular complexity index is 1010. The number of benzene rings is 1. The molecule has 0 atom stereocenters. The summed E-state index contributed by atoms with van der Waals surface area (Å²) in [7, 11) is 0. The Balaban J connectivity index is 2.85. The summed E-state index contributed by atoms with van der Waals surface area (Å²) in [4.78, 5) is 24.4. The molecular weight excluding hydrogens is 298 g/mol. The molecule has 7 heteroatoms. The average molecular weight is 336 g/mol. The van der Waals surface area contributed by atoms with E-state index in [0.29, 0.717) is 11.7 Å². The Hall–Kier alpha value is -2.57. The monoisotopic (exact) mass is 336 g/mol. The number of nitrogens with two attached hydrogens (primary N) is 2. The van der Waals surface area contributed by atoms with E-state index < -0.39 is 66.8 Å². The number of hydrogen-bond acceptors (Lipinski definition) is 4. The lowest BCUT2D eigenvalue weighted by atomic mass is 10.2. The first-order chi connectivity index (χ1) is 16.8. The van der Waals surface area contributed by atoms with Crippen molar-refractivity contribution >= 4 is 17.9 Å². The van der Waals surface area contributed by atoms with E-state index in [0.717, 1.165) is 0 Å². The first-order valence-electron chi connectivity index (χ1n) is 13.3. The van der Waals surface area contributed by atoms with Crippen LogP contribution >= 0.6 is 0 Å². The van der Waals surface area contributed by atoms with Crippen molar-refractivity contribution in [2.75, 3.05) is 13.1 Å². The van der Waals surface area contributed by atoms with Crippen LogP contribution in [0.1, 0.15) is 55.2 Å². The highest BCUT2D eigenvalue weighted by atomic mass is 16.5. The van der Waals surface area contributed by atoms with E-state index in [1.165, 1.54) is 0 Å². The van der Waals surface area contributed by atoms with Gasteiger partial charge >= 0.3 is 17.9 Å². The van der Waals surface area contributed by atoms with Crippen LogP contribution in [0.4, 0.5) is 0 Å². The maximum atomic E-state index is 12.3. The summed E-state index contributed by atoms with van der Waals surface area (Å²) in [5, 5.41) is 0.510. The van der Waals surface area contributed by atoms with E-state index in [-0.39, 0.29) is 36.9 Å². The van der Waals surface area contributed by atoms with Gasteiger partial charge in [0.2, 0.25) is 0 Å². The number of esters is 2. The van der Waals surface area contributed by atoms with Crippen LogP contribution in [-0.4, -0.2) is 31.0 Å². The smallest absolute Gasteiger partial charge is 0.338 e. The SMILES string of the molecule is [2H]c1c([2H])c(C(=O)OC([2H])([2H])C([2H])([2H])[2H])c([2H])c([2H])c1OC(=O)CCCCCN([2H])C(N([2H])[2H])=[N+]([2H])[2H]. The standard InChI is InChI=1S/C16H23N3O4/c1-2-22-15(21)12-7-9-13(10-8-12)23-14(20)6-4-3-5-11-19-16(17)18/h7-10H,2-6,11H2,1H3,(H4,17,18,19)/p+1/i1D3,2D2,7D,8D,9D,10D/hD5. The molecule has 0 aliphatic heterocycles. The van der Waals surface area contributed by atoms with Crippen molar-refractivity contribution in [2.45, 2.75) is 32.5 Å². The van der Waals surface area contributed by atoms with Crippen LogP contribution < -0.4 is 21.2 Å². The summed E-state index contributed by atoms with van der Waals surface area (Å²) in [6.07, 6.45) is 0.539. The van der Waals surface area contributed by atoms with E-state index >= 15 is 0 Å². The molecule has 0 aliphatic rings. The second-order valence-electron chi connectivity index (χ2n) is 4.16. The molecule has 0 bridgehead atoms. The number of carbonyl (C=O) groups excluding carboxylic acids is 2. The third kappa shape index (κ3) is 7.85. The zero-order valence-electron chi connectivity index (χ0n) is 26.0. The van der Waals surface area contributed by atoms with Gasteiger partial charge in [0, 0.05) is 10.5 Å². The second kappa shape index (κ2) is 10.2. The molecule has 0 heterocycles. The first-order valence-corrected chi connectivity index (χ1v) is 6.57. The summed E-state index contributed by atoms with van der Waals surface area (Å²) in [5.74, 6) is -4.15. The second-order valence-corrected chi connectivity index (χ2v) is 4.16. The maximum absolute atomic E-state index is 12.3. The molecule has 0 aliphatic carbocycles. The molecule has 1 rings (SSSR count). The fourth-order valence-electron chi connectivity index (χ4n) is 1.45. The number of nitrogens with one attached hydrogen (secondary N) is 1. The highest BCUT2D eigenvalue weighted by molar-refractivity contribution is 5.89. The van der Waals surface area contributed by atoms with Gasteiger partial charge in [-0.05, 0) is 50.3 Å². The number of hydrogen-bond donors (Lipinski definition) is 3. The number of rotatable bonds is 9. The van der Waals surface area contributed by atoms with Crippen LogP contribution in [0.5, 0.6) is 5.75 Å². The quantitative estimate of drug-likeness (QED) is 0.192. The minimum absolute atomic E-state index is 0.0672. The van der Waals surface area contributed by atoms with Crippen molar-refractivity contribution in [2.24, 2.45) is 5.72 Å². The highest BCUT2D eigenvalue weighted by Crippen LogP contribution is 2.14. The topological polar surface area (TPSA) is 116 Å². The van der Waals surface area contributed by atoms with Gasteiger partial charge in [-0.25, -0.2) is 4.79 Å². The van der Waals surface area contributed by atoms with Gasteiger partial charge in [0.15, 0.2) is 0 Å². The third-order valence-corrected chi connectivity index (χ3v) is 2.46. The third-order valence-electron chi connectivity index (χ3n) is 2.46. The Kier molecular flexibility index (Phi) is 2.89. The molecule has 0 radical (unpaired) electrons. The molecule has 0 unspecified atom stereocenters. The molecule has 0 aromatic heterocycles. The zero-order valence-corrected chi connectivity index (χ0v) is 12.0. The predicted molar refractivity (Wildman–Crippen MR) is 85.6 cm³/mol. The molecule has 1 aromatic carbocycles.